The Bertz CT molecular complexity index is 1460. The molecule has 3 aliphatic heterocycles. The molecule has 4 atom stereocenters. The zero-order valence-electron chi connectivity index (χ0n) is 19.3. The summed E-state index contributed by atoms with van der Waals surface area (Å²) < 4.78 is 0. The van der Waals surface area contributed by atoms with Crippen LogP contribution in [0.3, 0.4) is 0 Å². The van der Waals surface area contributed by atoms with Crippen molar-refractivity contribution < 1.29 is 14.4 Å². The first-order valence-electron chi connectivity index (χ1n) is 11.6. The lowest BCUT2D eigenvalue weighted by Gasteiger charge is -2.39. The Morgan fingerprint density at radius 2 is 1.66 bits per heavy atom. The molecule has 0 bridgehead atoms. The van der Waals surface area contributed by atoms with E-state index in [0.717, 1.165) is 22.4 Å². The lowest BCUT2D eigenvalue weighted by atomic mass is 9.64. The fourth-order valence-corrected chi connectivity index (χ4v) is 6.60. The molecular formula is C29H23ClN2O3. The van der Waals surface area contributed by atoms with Gasteiger partial charge in [-0.25, -0.2) is 0 Å². The van der Waals surface area contributed by atoms with Crippen LogP contribution in [0.1, 0.15) is 35.3 Å². The Morgan fingerprint density at radius 1 is 0.971 bits per heavy atom. The van der Waals surface area contributed by atoms with Gasteiger partial charge in [0.05, 0.1) is 23.0 Å². The molecule has 3 aliphatic rings. The molecule has 1 amide bonds. The van der Waals surface area contributed by atoms with Crippen molar-refractivity contribution in [2.75, 3.05) is 10.2 Å². The number of benzene rings is 3. The quantitative estimate of drug-likeness (QED) is 0.515. The summed E-state index contributed by atoms with van der Waals surface area (Å²) in [6.45, 7) is 3.51. The molecule has 174 valence electrons. The smallest absolute Gasteiger partial charge is 0.238 e. The highest BCUT2D eigenvalue weighted by Crippen LogP contribution is 2.58. The number of para-hydroxylation sites is 2. The number of hydrogen-bond acceptors (Lipinski definition) is 4. The Hall–Kier alpha value is -3.70. The van der Waals surface area contributed by atoms with Gasteiger partial charge in [-0.1, -0.05) is 66.2 Å². The van der Waals surface area contributed by atoms with Gasteiger partial charge in [0.15, 0.2) is 11.6 Å². The van der Waals surface area contributed by atoms with E-state index in [0.29, 0.717) is 16.3 Å². The third-order valence-electron chi connectivity index (χ3n) is 7.72. The lowest BCUT2D eigenvalue weighted by Crippen LogP contribution is -2.51. The number of rotatable bonds is 3. The molecule has 1 fully saturated rings. The predicted octanol–water partition coefficient (Wildman–Crippen LogP) is 5.29. The van der Waals surface area contributed by atoms with E-state index in [1.165, 1.54) is 6.92 Å². The molecule has 0 radical (unpaired) electrons. The summed E-state index contributed by atoms with van der Waals surface area (Å²) in [5, 5.41) is 3.33. The first kappa shape index (κ1) is 21.8. The SMILES string of the molecule is CC(=O)[C@@H]1[C@H](C(=O)c2ccccc2Cl)[C@@]2(C(=O)Nc3ccccc32)[C@@H]2C=C(C)c3ccccc3N12. The average molecular weight is 483 g/mol. The molecule has 6 rings (SSSR count). The highest BCUT2D eigenvalue weighted by atomic mass is 35.5. The molecule has 6 heteroatoms. The van der Waals surface area contributed by atoms with Crippen LogP contribution in [0.5, 0.6) is 0 Å². The molecule has 35 heavy (non-hydrogen) atoms. The molecule has 3 heterocycles. The first-order valence-corrected chi connectivity index (χ1v) is 12.0. The van der Waals surface area contributed by atoms with Crippen LogP contribution in [0, 0.1) is 5.92 Å². The number of nitrogens with one attached hydrogen (secondary N) is 1. The Balaban J connectivity index is 1.70. The zero-order chi connectivity index (χ0) is 24.5. The molecule has 3 aromatic rings. The van der Waals surface area contributed by atoms with Crippen molar-refractivity contribution in [3.05, 3.63) is 101 Å². The molecule has 5 nitrogen and oxygen atoms in total. The molecule has 3 aromatic carbocycles. The molecule has 0 saturated carbocycles. The lowest BCUT2D eigenvalue weighted by molar-refractivity contribution is -0.122. The van der Waals surface area contributed by atoms with E-state index in [9.17, 15) is 14.4 Å². The first-order chi connectivity index (χ1) is 16.9. The summed E-state index contributed by atoms with van der Waals surface area (Å²) in [5.74, 6) is -1.71. The standard InChI is InChI=1S/C29H23ClN2O3/c1-16-15-24-29(20-11-5-7-13-22(20)31-28(29)35)25(27(34)19-10-3-6-12-21(19)30)26(17(2)33)32(24)23-14-8-4-9-18(16)23/h3-15,24-26H,1-2H3,(H,31,35)/t24-,25+,26+,29-/m0/s1. The molecule has 0 unspecified atom stereocenters. The van der Waals surface area contributed by atoms with Crippen LogP contribution in [0.15, 0.2) is 78.9 Å². The van der Waals surface area contributed by atoms with Gasteiger partial charge >= 0.3 is 0 Å². The van der Waals surface area contributed by atoms with Crippen molar-refractivity contribution >= 4 is 46.0 Å². The zero-order valence-corrected chi connectivity index (χ0v) is 20.0. The number of ketones is 2. The van der Waals surface area contributed by atoms with E-state index in [-0.39, 0.29) is 17.5 Å². The highest BCUT2D eigenvalue weighted by molar-refractivity contribution is 6.34. The second-order valence-corrected chi connectivity index (χ2v) is 9.87. The molecule has 1 N–H and O–H groups in total. The minimum atomic E-state index is -1.29. The van der Waals surface area contributed by atoms with Crippen LogP contribution in [-0.4, -0.2) is 29.6 Å². The van der Waals surface area contributed by atoms with Crippen molar-refractivity contribution in [3.63, 3.8) is 0 Å². The van der Waals surface area contributed by atoms with Crippen molar-refractivity contribution in [1.29, 1.82) is 0 Å². The van der Waals surface area contributed by atoms with Crippen LogP contribution in [0.4, 0.5) is 11.4 Å². The van der Waals surface area contributed by atoms with Gasteiger partial charge in [-0.2, -0.15) is 0 Å². The van der Waals surface area contributed by atoms with Gasteiger partial charge in [-0.05, 0) is 49.2 Å². The predicted molar refractivity (Wildman–Crippen MR) is 137 cm³/mol. The number of amides is 1. The summed E-state index contributed by atoms with van der Waals surface area (Å²) >= 11 is 6.48. The normalized spacial score (nSPS) is 26.0. The van der Waals surface area contributed by atoms with Gasteiger partial charge < -0.3 is 10.2 Å². The molecule has 1 saturated heterocycles. The largest absolute Gasteiger partial charge is 0.352 e. The maximum atomic E-state index is 14.4. The molecular weight excluding hydrogens is 460 g/mol. The average Bonchev–Trinajstić information content (AvgIpc) is 3.32. The number of carbonyl (C=O) groups is 3. The van der Waals surface area contributed by atoms with E-state index in [4.69, 9.17) is 11.6 Å². The number of hydrogen-bond donors (Lipinski definition) is 1. The van der Waals surface area contributed by atoms with Gasteiger partial charge in [0.25, 0.3) is 0 Å². The van der Waals surface area contributed by atoms with Crippen molar-refractivity contribution in [2.24, 2.45) is 5.92 Å². The van der Waals surface area contributed by atoms with Gasteiger partial charge in [0, 0.05) is 22.5 Å². The maximum absolute atomic E-state index is 14.4. The number of Topliss-reactive ketones (excluding diaryl/α,β-unsaturated/α-hetero) is 2. The van der Waals surface area contributed by atoms with Gasteiger partial charge in [-0.3, -0.25) is 14.4 Å². The van der Waals surface area contributed by atoms with Gasteiger partial charge in [-0.15, -0.1) is 0 Å². The van der Waals surface area contributed by atoms with E-state index in [1.807, 2.05) is 66.4 Å². The van der Waals surface area contributed by atoms with E-state index >= 15 is 0 Å². The Labute approximate surface area is 208 Å². The fourth-order valence-electron chi connectivity index (χ4n) is 6.37. The van der Waals surface area contributed by atoms with Crippen LogP contribution in [-0.2, 0) is 15.0 Å². The summed E-state index contributed by atoms with van der Waals surface area (Å²) in [7, 11) is 0. The number of nitrogens with zero attached hydrogens (tertiary/aromatic N) is 1. The summed E-state index contributed by atoms with van der Waals surface area (Å²) in [4.78, 5) is 43.8. The molecule has 1 spiro atoms. The minimum absolute atomic E-state index is 0.169. The highest BCUT2D eigenvalue weighted by Gasteiger charge is 2.70. The third kappa shape index (κ3) is 2.79. The Morgan fingerprint density at radius 3 is 2.43 bits per heavy atom. The van der Waals surface area contributed by atoms with Crippen LogP contribution in [0.2, 0.25) is 5.02 Å². The number of halogens is 1. The topological polar surface area (TPSA) is 66.5 Å². The number of anilines is 2. The van der Waals surface area contributed by atoms with E-state index < -0.39 is 23.4 Å². The number of fused-ring (bicyclic) bond motifs is 6. The molecule has 0 aromatic heterocycles. The summed E-state index contributed by atoms with van der Waals surface area (Å²) in [6.07, 6.45) is 2.04. The van der Waals surface area contributed by atoms with Crippen molar-refractivity contribution in [1.82, 2.24) is 0 Å². The third-order valence-corrected chi connectivity index (χ3v) is 8.05. The Kier molecular flexibility index (Phi) is 4.77. The number of allylic oxidation sites excluding steroid dienone is 1. The summed E-state index contributed by atoms with van der Waals surface area (Å²) in [5.41, 5.74) is 3.27. The van der Waals surface area contributed by atoms with E-state index in [2.05, 4.69) is 5.32 Å². The second kappa shape index (κ2) is 7.65. The van der Waals surface area contributed by atoms with Crippen LogP contribution >= 0.6 is 11.6 Å². The number of carbonyl (C=O) groups excluding carboxylic acids is 3. The summed E-state index contributed by atoms with van der Waals surface area (Å²) in [6, 6.07) is 20.8. The maximum Gasteiger partial charge on any atom is 0.238 e. The van der Waals surface area contributed by atoms with Gasteiger partial charge in [0.1, 0.15) is 5.41 Å². The van der Waals surface area contributed by atoms with E-state index in [1.54, 1.807) is 24.3 Å². The monoisotopic (exact) mass is 482 g/mol. The van der Waals surface area contributed by atoms with Gasteiger partial charge in [0.2, 0.25) is 5.91 Å². The minimum Gasteiger partial charge on any atom is -0.352 e. The fraction of sp³-hybridized carbons (Fsp3) is 0.207. The van der Waals surface area contributed by atoms with Crippen molar-refractivity contribution in [3.8, 4) is 0 Å². The second-order valence-electron chi connectivity index (χ2n) is 9.46. The van der Waals surface area contributed by atoms with Crippen molar-refractivity contribution in [2.45, 2.75) is 31.3 Å². The van der Waals surface area contributed by atoms with Crippen LogP contribution in [0.25, 0.3) is 5.57 Å². The van der Waals surface area contributed by atoms with Crippen LogP contribution < -0.4 is 10.2 Å². The molecule has 0 aliphatic carbocycles.